The van der Waals surface area contributed by atoms with Crippen molar-refractivity contribution in [2.75, 3.05) is 6.61 Å². The van der Waals surface area contributed by atoms with Crippen LogP contribution in [0.3, 0.4) is 0 Å². The Morgan fingerprint density at radius 1 is 1.23 bits per heavy atom. The third-order valence-electron chi connectivity index (χ3n) is 3.74. The molecule has 0 amide bonds. The second kappa shape index (κ2) is 4.95. The van der Waals surface area contributed by atoms with E-state index in [2.05, 4.69) is 4.98 Å². The van der Waals surface area contributed by atoms with Crippen molar-refractivity contribution in [3.63, 3.8) is 0 Å². The van der Waals surface area contributed by atoms with Crippen molar-refractivity contribution in [2.45, 2.75) is 18.1 Å². The minimum absolute atomic E-state index is 0.237. The zero-order chi connectivity index (χ0) is 16.0. The SMILES string of the molecule is NC1(c2ccc(C(F)(F)F)c(F)c2)CCOc2cccnc21. The van der Waals surface area contributed by atoms with Crippen LogP contribution in [-0.2, 0) is 11.7 Å². The Hall–Kier alpha value is -2.15. The largest absolute Gasteiger partial charge is 0.491 e. The molecule has 0 saturated heterocycles. The molecule has 7 heteroatoms. The normalized spacial score (nSPS) is 21.1. The topological polar surface area (TPSA) is 48.1 Å². The van der Waals surface area contributed by atoms with Crippen LogP contribution in [0.25, 0.3) is 0 Å². The smallest absolute Gasteiger partial charge is 0.419 e. The van der Waals surface area contributed by atoms with Gasteiger partial charge in [-0.25, -0.2) is 4.39 Å². The average molecular weight is 312 g/mol. The predicted octanol–water partition coefficient (Wildman–Crippen LogP) is 3.22. The number of hydrogen-bond donors (Lipinski definition) is 1. The van der Waals surface area contributed by atoms with Gasteiger partial charge in [0.15, 0.2) is 0 Å². The number of alkyl halides is 3. The van der Waals surface area contributed by atoms with E-state index in [9.17, 15) is 17.6 Å². The Labute approximate surface area is 123 Å². The minimum atomic E-state index is -4.74. The summed E-state index contributed by atoms with van der Waals surface area (Å²) in [7, 11) is 0. The van der Waals surface area contributed by atoms with Crippen LogP contribution < -0.4 is 10.5 Å². The molecule has 0 spiro atoms. The number of pyridine rings is 1. The van der Waals surface area contributed by atoms with Crippen molar-refractivity contribution < 1.29 is 22.3 Å². The van der Waals surface area contributed by atoms with Crippen LogP contribution in [0.1, 0.15) is 23.2 Å². The molecule has 22 heavy (non-hydrogen) atoms. The molecule has 1 aliphatic rings. The first-order valence-corrected chi connectivity index (χ1v) is 6.57. The van der Waals surface area contributed by atoms with Gasteiger partial charge in [0.05, 0.1) is 17.7 Å². The molecule has 0 bridgehead atoms. The maximum Gasteiger partial charge on any atom is 0.419 e. The number of nitrogens with zero attached hydrogens (tertiary/aromatic N) is 1. The van der Waals surface area contributed by atoms with E-state index in [1.165, 1.54) is 12.3 Å². The molecule has 1 aliphatic heterocycles. The Bertz CT molecular complexity index is 717. The van der Waals surface area contributed by atoms with Crippen LogP contribution >= 0.6 is 0 Å². The third kappa shape index (κ3) is 2.31. The monoisotopic (exact) mass is 312 g/mol. The van der Waals surface area contributed by atoms with Crippen LogP contribution in [-0.4, -0.2) is 11.6 Å². The number of hydrogen-bond acceptors (Lipinski definition) is 3. The molecule has 0 radical (unpaired) electrons. The zero-order valence-electron chi connectivity index (χ0n) is 11.3. The van der Waals surface area contributed by atoms with E-state index in [0.29, 0.717) is 23.9 Å². The van der Waals surface area contributed by atoms with Gasteiger partial charge in [-0.15, -0.1) is 0 Å². The van der Waals surface area contributed by atoms with Crippen molar-refractivity contribution in [3.05, 3.63) is 59.2 Å². The summed E-state index contributed by atoms with van der Waals surface area (Å²) in [5, 5.41) is 0. The average Bonchev–Trinajstić information content (AvgIpc) is 2.46. The van der Waals surface area contributed by atoms with Crippen molar-refractivity contribution in [2.24, 2.45) is 5.73 Å². The lowest BCUT2D eigenvalue weighted by molar-refractivity contribution is -0.140. The van der Waals surface area contributed by atoms with Crippen LogP contribution in [0.5, 0.6) is 5.75 Å². The molecule has 2 heterocycles. The molecule has 0 aliphatic carbocycles. The summed E-state index contributed by atoms with van der Waals surface area (Å²) in [6.07, 6.45) is -2.94. The summed E-state index contributed by atoms with van der Waals surface area (Å²) in [4.78, 5) is 4.16. The molecule has 0 saturated carbocycles. The second-order valence-corrected chi connectivity index (χ2v) is 5.11. The first-order chi connectivity index (χ1) is 10.3. The number of rotatable bonds is 1. The Balaban J connectivity index is 2.10. The van der Waals surface area contributed by atoms with Gasteiger partial charge in [-0.3, -0.25) is 4.98 Å². The van der Waals surface area contributed by atoms with Crippen molar-refractivity contribution >= 4 is 0 Å². The first-order valence-electron chi connectivity index (χ1n) is 6.57. The molecular weight excluding hydrogens is 300 g/mol. The molecule has 1 atom stereocenters. The predicted molar refractivity (Wildman–Crippen MR) is 70.7 cm³/mol. The highest BCUT2D eigenvalue weighted by molar-refractivity contribution is 5.44. The van der Waals surface area contributed by atoms with Gasteiger partial charge >= 0.3 is 6.18 Å². The van der Waals surface area contributed by atoms with Gasteiger partial charge in [-0.05, 0) is 29.8 Å². The highest BCUT2D eigenvalue weighted by atomic mass is 19.4. The van der Waals surface area contributed by atoms with Crippen molar-refractivity contribution in [1.29, 1.82) is 0 Å². The maximum absolute atomic E-state index is 13.8. The van der Waals surface area contributed by atoms with Crippen LogP contribution in [0, 0.1) is 5.82 Å². The fraction of sp³-hybridized carbons (Fsp3) is 0.267. The third-order valence-corrected chi connectivity index (χ3v) is 3.74. The molecule has 1 aromatic heterocycles. The van der Waals surface area contributed by atoms with Gasteiger partial charge in [0.1, 0.15) is 17.3 Å². The summed E-state index contributed by atoms with van der Waals surface area (Å²) >= 11 is 0. The van der Waals surface area contributed by atoms with Crippen LogP contribution in [0.4, 0.5) is 17.6 Å². The number of ether oxygens (including phenoxy) is 1. The molecule has 2 aromatic rings. The summed E-state index contributed by atoms with van der Waals surface area (Å²) in [5.74, 6) is -0.893. The minimum Gasteiger partial charge on any atom is -0.491 e. The van der Waals surface area contributed by atoms with Gasteiger partial charge in [-0.2, -0.15) is 13.2 Å². The second-order valence-electron chi connectivity index (χ2n) is 5.11. The number of nitrogens with two attached hydrogens (primary N) is 1. The van der Waals surface area contributed by atoms with Gasteiger partial charge in [0.25, 0.3) is 0 Å². The van der Waals surface area contributed by atoms with E-state index < -0.39 is 23.1 Å². The summed E-state index contributed by atoms with van der Waals surface area (Å²) < 4.78 is 57.2. The molecule has 3 nitrogen and oxygen atoms in total. The molecule has 1 aromatic carbocycles. The zero-order valence-corrected chi connectivity index (χ0v) is 11.3. The molecule has 3 rings (SSSR count). The lowest BCUT2D eigenvalue weighted by Gasteiger charge is -2.34. The fourth-order valence-corrected chi connectivity index (χ4v) is 2.59. The quantitative estimate of drug-likeness (QED) is 0.823. The Morgan fingerprint density at radius 3 is 2.68 bits per heavy atom. The first kappa shape index (κ1) is 14.8. The van der Waals surface area contributed by atoms with E-state index in [1.807, 2.05) is 0 Å². The highest BCUT2D eigenvalue weighted by Gasteiger charge is 2.39. The van der Waals surface area contributed by atoms with Crippen LogP contribution in [0.2, 0.25) is 0 Å². The van der Waals surface area contributed by atoms with Gasteiger partial charge in [-0.1, -0.05) is 6.07 Å². The van der Waals surface area contributed by atoms with Crippen molar-refractivity contribution in [3.8, 4) is 5.75 Å². The molecule has 2 N–H and O–H groups in total. The summed E-state index contributed by atoms with van der Waals surface area (Å²) in [6, 6.07) is 6.06. The lowest BCUT2D eigenvalue weighted by Crippen LogP contribution is -2.43. The standard InChI is InChI=1S/C15H12F4N2O/c16-11-8-9(3-4-10(11)15(17,18)19)14(20)5-7-22-12-2-1-6-21-13(12)14/h1-4,6,8H,5,7,20H2. The van der Waals surface area contributed by atoms with E-state index in [4.69, 9.17) is 10.5 Å². The van der Waals surface area contributed by atoms with Gasteiger partial charge in [0, 0.05) is 12.6 Å². The fourth-order valence-electron chi connectivity index (χ4n) is 2.59. The number of fused-ring (bicyclic) bond motifs is 1. The lowest BCUT2D eigenvalue weighted by atomic mass is 9.82. The van der Waals surface area contributed by atoms with Gasteiger partial charge in [0.2, 0.25) is 0 Å². The number of benzene rings is 1. The van der Waals surface area contributed by atoms with E-state index >= 15 is 0 Å². The molecule has 0 fully saturated rings. The van der Waals surface area contributed by atoms with Crippen LogP contribution in [0.15, 0.2) is 36.5 Å². The maximum atomic E-state index is 13.8. The number of halogens is 4. The Kier molecular flexibility index (Phi) is 3.32. The van der Waals surface area contributed by atoms with Gasteiger partial charge < -0.3 is 10.5 Å². The molecule has 116 valence electrons. The molecule has 1 unspecified atom stereocenters. The number of aromatic nitrogens is 1. The summed E-state index contributed by atoms with van der Waals surface area (Å²) in [5.41, 5.74) is 4.46. The summed E-state index contributed by atoms with van der Waals surface area (Å²) in [6.45, 7) is 0.276. The highest BCUT2D eigenvalue weighted by Crippen LogP contribution is 2.40. The van der Waals surface area contributed by atoms with E-state index in [1.54, 1.807) is 12.1 Å². The van der Waals surface area contributed by atoms with E-state index in [-0.39, 0.29) is 12.2 Å². The van der Waals surface area contributed by atoms with Crippen molar-refractivity contribution in [1.82, 2.24) is 4.98 Å². The van der Waals surface area contributed by atoms with E-state index in [0.717, 1.165) is 6.07 Å². The molecular formula is C15H12F4N2O. The Morgan fingerprint density at radius 2 is 2.00 bits per heavy atom.